The van der Waals surface area contributed by atoms with E-state index < -0.39 is 40.8 Å². The van der Waals surface area contributed by atoms with Crippen LogP contribution in [0.2, 0.25) is 20.1 Å². The summed E-state index contributed by atoms with van der Waals surface area (Å²) in [6.45, 7) is 1.49. The minimum absolute atomic E-state index is 0.0597. The second kappa shape index (κ2) is 26.0. The fraction of sp³-hybridized carbons (Fsp3) is 0.125. The van der Waals surface area contributed by atoms with E-state index >= 15 is 0 Å². The summed E-state index contributed by atoms with van der Waals surface area (Å²) in [5.41, 5.74) is 9.38. The van der Waals surface area contributed by atoms with Gasteiger partial charge in [-0.15, -0.1) is 0 Å². The molecule has 0 fully saturated rings. The molecule has 5 N–H and O–H groups in total. The smallest absolute Gasteiger partial charge is 0.328 e. The lowest BCUT2D eigenvalue weighted by atomic mass is 10.0. The summed E-state index contributed by atoms with van der Waals surface area (Å²) in [6, 6.07) is 34.6. The highest BCUT2D eigenvalue weighted by Crippen LogP contribution is 2.27. The molecule has 2 unspecified atom stereocenters. The van der Waals surface area contributed by atoms with Gasteiger partial charge in [0.05, 0.1) is 44.4 Å². The van der Waals surface area contributed by atoms with Gasteiger partial charge >= 0.3 is 5.97 Å². The number of carbonyl (C=O) groups excluding carboxylic acids is 4. The highest BCUT2D eigenvalue weighted by atomic mass is 35.5. The number of rotatable bonds is 13. The van der Waals surface area contributed by atoms with Crippen LogP contribution in [0.4, 0.5) is 20.2 Å². The number of esters is 1. The Balaban J connectivity index is 0.000000246. The largest absolute Gasteiger partial charge is 0.467 e. The molecule has 0 spiro atoms. The summed E-state index contributed by atoms with van der Waals surface area (Å²) in [4.78, 5) is 47.7. The highest BCUT2D eigenvalue weighted by Gasteiger charge is 2.23. The minimum atomic E-state index is -0.829. The number of amides is 1. The number of hydrogen-bond donors (Lipinski definition) is 4. The van der Waals surface area contributed by atoms with E-state index in [-0.39, 0.29) is 59.0 Å². The number of Topliss-reactive ketones (excluding diaryl/α,β-unsaturated/α-hetero) is 1. The Labute approximate surface area is 415 Å². The molecule has 342 valence electrons. The van der Waals surface area contributed by atoms with Crippen LogP contribution in [0.15, 0.2) is 133 Å². The molecular formula is C48H39Cl5F2N4O5S2. The summed E-state index contributed by atoms with van der Waals surface area (Å²) in [6.07, 6.45) is 0.691. The average molecular weight is 1030 g/mol. The maximum absolute atomic E-state index is 14.0. The Morgan fingerprint density at radius 1 is 0.606 bits per heavy atom. The van der Waals surface area contributed by atoms with E-state index in [9.17, 15) is 28.0 Å². The first-order valence-corrected chi connectivity index (χ1v) is 22.1. The Kier molecular flexibility index (Phi) is 20.9. The summed E-state index contributed by atoms with van der Waals surface area (Å²) >= 11 is 39.1. The van der Waals surface area contributed by atoms with Crippen molar-refractivity contribution in [3.8, 4) is 0 Å². The van der Waals surface area contributed by atoms with Gasteiger partial charge < -0.3 is 26.4 Å². The summed E-state index contributed by atoms with van der Waals surface area (Å²) in [5.74, 6) is -1.94. The molecule has 0 bridgehead atoms. The zero-order valence-electron chi connectivity index (χ0n) is 34.9. The van der Waals surface area contributed by atoms with E-state index in [1.165, 1.54) is 32.2 Å². The quantitative estimate of drug-likeness (QED) is 0.0383. The normalized spacial score (nSPS) is 11.2. The van der Waals surface area contributed by atoms with Gasteiger partial charge in [-0.25, -0.2) is 13.6 Å². The van der Waals surface area contributed by atoms with Gasteiger partial charge in [0.25, 0.3) is 11.1 Å². The Bertz CT molecular complexity index is 2670. The van der Waals surface area contributed by atoms with Gasteiger partial charge in [0.15, 0.2) is 5.78 Å². The van der Waals surface area contributed by atoms with Gasteiger partial charge in [-0.1, -0.05) is 132 Å². The molecule has 6 aromatic carbocycles. The number of hydrogen-bond acceptors (Lipinski definition) is 8. The molecule has 0 heterocycles. The lowest BCUT2D eigenvalue weighted by Crippen LogP contribution is -2.42. The number of ether oxygens (including phenoxy) is 1. The third-order valence-corrected chi connectivity index (χ3v) is 11.4. The van der Waals surface area contributed by atoms with Crippen LogP contribution in [0.5, 0.6) is 0 Å². The molecule has 0 aliphatic heterocycles. The number of thiocarbonyl (C=S) groups is 2. The maximum Gasteiger partial charge on any atom is 0.328 e. The fourth-order valence-corrected chi connectivity index (χ4v) is 7.89. The third-order valence-electron chi connectivity index (χ3n) is 9.24. The summed E-state index contributed by atoms with van der Waals surface area (Å²) < 4.78 is 32.6. The predicted molar refractivity (Wildman–Crippen MR) is 269 cm³/mol. The second-order valence-corrected chi connectivity index (χ2v) is 16.7. The van der Waals surface area contributed by atoms with Crippen molar-refractivity contribution in [1.29, 1.82) is 0 Å². The molecule has 18 heteroatoms. The van der Waals surface area contributed by atoms with Crippen molar-refractivity contribution in [3.63, 3.8) is 0 Å². The van der Waals surface area contributed by atoms with Crippen LogP contribution in [-0.2, 0) is 27.2 Å². The summed E-state index contributed by atoms with van der Waals surface area (Å²) in [5, 5.41) is 8.96. The fourth-order valence-electron chi connectivity index (χ4n) is 5.84. The number of nitrogens with one attached hydrogen (secondary N) is 3. The highest BCUT2D eigenvalue weighted by molar-refractivity contribution is 7.81. The molecule has 6 aromatic rings. The predicted octanol–water partition coefficient (Wildman–Crippen LogP) is 11.7. The molecular weight excluding hydrogens is 992 g/mol. The molecule has 0 aromatic heterocycles. The van der Waals surface area contributed by atoms with Crippen molar-refractivity contribution in [2.75, 3.05) is 18.2 Å². The second-order valence-electron chi connectivity index (χ2n) is 13.9. The van der Waals surface area contributed by atoms with Crippen molar-refractivity contribution >= 4 is 127 Å². The van der Waals surface area contributed by atoms with Crippen molar-refractivity contribution in [1.82, 2.24) is 10.6 Å². The monoisotopic (exact) mass is 1030 g/mol. The average Bonchev–Trinajstić information content (AvgIpc) is 3.27. The van der Waals surface area contributed by atoms with E-state index in [0.29, 0.717) is 23.4 Å². The number of anilines is 2. The van der Waals surface area contributed by atoms with E-state index in [0.717, 1.165) is 11.1 Å². The van der Waals surface area contributed by atoms with E-state index in [1.807, 2.05) is 12.1 Å². The molecule has 0 saturated heterocycles. The zero-order valence-corrected chi connectivity index (χ0v) is 40.3. The number of benzene rings is 6. The maximum atomic E-state index is 14.0. The van der Waals surface area contributed by atoms with Crippen LogP contribution in [0.1, 0.15) is 49.9 Å². The number of nitrogen functional groups attached to an aromatic ring is 1. The Hall–Kier alpha value is -5.51. The van der Waals surface area contributed by atoms with Gasteiger partial charge in [-0.3, -0.25) is 14.4 Å². The topological polar surface area (TPSA) is 140 Å². The molecule has 1 amide bonds. The van der Waals surface area contributed by atoms with Crippen molar-refractivity contribution in [3.05, 3.63) is 199 Å². The third kappa shape index (κ3) is 15.8. The van der Waals surface area contributed by atoms with Crippen LogP contribution in [-0.4, -0.2) is 52.1 Å². The van der Waals surface area contributed by atoms with Crippen LogP contribution < -0.4 is 21.7 Å². The first-order chi connectivity index (χ1) is 31.4. The SMILES string of the molecule is CC(=O)C(Cc1ccc(N)cc1)NC(=S)c1ccccc1F.COC(=O)C(Cc1ccc(NC(=O)c2c(Cl)cccc2Cl)cc1)NC(=S)c1ccccc1F.O=C(Cl)c1c(Cl)cccc1Cl. The van der Waals surface area contributed by atoms with Crippen molar-refractivity contribution < 1.29 is 32.7 Å². The number of nitrogens with two attached hydrogens (primary N) is 1. The first kappa shape index (κ1) is 53.1. The van der Waals surface area contributed by atoms with Gasteiger partial charge in [-0.05, 0) is 109 Å². The lowest BCUT2D eigenvalue weighted by molar-refractivity contribution is -0.142. The lowest BCUT2D eigenvalue weighted by Gasteiger charge is -2.19. The molecule has 66 heavy (non-hydrogen) atoms. The molecule has 2 atom stereocenters. The molecule has 0 aliphatic rings. The molecule has 9 nitrogen and oxygen atoms in total. The van der Waals surface area contributed by atoms with E-state index in [4.69, 9.17) is 92.9 Å². The van der Waals surface area contributed by atoms with Gasteiger partial charge in [0, 0.05) is 28.9 Å². The molecule has 0 aliphatic carbocycles. The van der Waals surface area contributed by atoms with Gasteiger partial charge in [-0.2, -0.15) is 0 Å². The van der Waals surface area contributed by atoms with Gasteiger partial charge in [0.1, 0.15) is 27.7 Å². The number of carbonyl (C=O) groups is 4. The Morgan fingerprint density at radius 2 is 1.02 bits per heavy atom. The van der Waals surface area contributed by atoms with Crippen LogP contribution in [0, 0.1) is 11.6 Å². The van der Waals surface area contributed by atoms with E-state index in [1.54, 1.807) is 103 Å². The van der Waals surface area contributed by atoms with E-state index in [2.05, 4.69) is 16.0 Å². The molecule has 6 rings (SSSR count). The summed E-state index contributed by atoms with van der Waals surface area (Å²) in [7, 11) is 1.27. The first-order valence-electron chi connectivity index (χ1n) is 19.4. The number of ketones is 1. The standard InChI is InChI=1S/C24H19Cl2FN2O3S.C17H17FN2OS.C7H3Cl3O/c1-32-24(31)20(29-23(33)16-5-2-3-8-19(16)27)13-14-9-11-15(12-10-14)28-22(30)21-17(25)6-4-7-18(21)26;1-11(21)16(10-12-6-8-13(19)9-7-12)20-17(22)14-4-2-3-5-15(14)18;8-4-2-1-3-5(9)6(4)7(10)11/h2-12,20H,13H2,1H3,(H,28,30)(H,29,33);2-9,16H,10,19H2,1H3,(H,20,22);1-3H. The molecule has 0 radical (unpaired) electrons. The number of halogens is 7. The van der Waals surface area contributed by atoms with Crippen LogP contribution >= 0.6 is 82.4 Å². The van der Waals surface area contributed by atoms with Crippen molar-refractivity contribution in [2.24, 2.45) is 0 Å². The Morgan fingerprint density at radius 3 is 1.42 bits per heavy atom. The van der Waals surface area contributed by atoms with Crippen molar-refractivity contribution in [2.45, 2.75) is 31.8 Å². The zero-order chi connectivity index (χ0) is 48.5. The number of methoxy groups -OCH3 is 1. The van der Waals surface area contributed by atoms with Crippen LogP contribution in [0.25, 0.3) is 0 Å². The minimum Gasteiger partial charge on any atom is -0.467 e. The van der Waals surface area contributed by atoms with Gasteiger partial charge in [0.2, 0.25) is 0 Å². The molecule has 0 saturated carbocycles. The van der Waals surface area contributed by atoms with Crippen LogP contribution in [0.3, 0.4) is 0 Å².